The van der Waals surface area contributed by atoms with Crippen molar-refractivity contribution in [3.05, 3.63) is 65.5 Å². The lowest BCUT2D eigenvalue weighted by atomic mass is 10.2. The summed E-state index contributed by atoms with van der Waals surface area (Å²) < 4.78 is 26.4. The van der Waals surface area contributed by atoms with Crippen LogP contribution in [-0.2, 0) is 11.2 Å². The fourth-order valence-corrected chi connectivity index (χ4v) is 2.75. The van der Waals surface area contributed by atoms with E-state index in [1.807, 2.05) is 24.3 Å². The summed E-state index contributed by atoms with van der Waals surface area (Å²) in [5, 5.41) is 5.21. The number of aryl methyl sites for hydroxylation is 1. The second-order valence-corrected chi connectivity index (χ2v) is 6.28. The molecule has 0 bridgehead atoms. The largest absolute Gasteiger partial charge is 0.356 e. The highest BCUT2D eigenvalue weighted by atomic mass is 19.1. The summed E-state index contributed by atoms with van der Waals surface area (Å²) in [4.78, 5) is 31.3. The van der Waals surface area contributed by atoms with Gasteiger partial charge in [0.25, 0.3) is 5.91 Å². The lowest BCUT2D eigenvalue weighted by Crippen LogP contribution is -2.31. The zero-order valence-corrected chi connectivity index (χ0v) is 15.1. The fourth-order valence-electron chi connectivity index (χ4n) is 2.75. The Morgan fingerprint density at radius 1 is 1.04 bits per heavy atom. The van der Waals surface area contributed by atoms with E-state index in [-0.39, 0.29) is 24.4 Å². The van der Waals surface area contributed by atoms with Crippen molar-refractivity contribution >= 4 is 22.8 Å². The molecule has 3 aromatic rings. The Morgan fingerprint density at radius 2 is 1.86 bits per heavy atom. The topological polar surface area (TPSA) is 86.9 Å². The number of nitrogens with zero attached hydrogens (tertiary/aromatic N) is 1. The summed E-state index contributed by atoms with van der Waals surface area (Å²) in [6.45, 7) is 0.543. The van der Waals surface area contributed by atoms with E-state index < -0.39 is 17.5 Å². The number of benzene rings is 2. The quantitative estimate of drug-likeness (QED) is 0.520. The molecule has 0 spiro atoms. The first-order valence-corrected chi connectivity index (χ1v) is 8.96. The highest BCUT2D eigenvalue weighted by Crippen LogP contribution is 2.11. The van der Waals surface area contributed by atoms with Gasteiger partial charge >= 0.3 is 0 Å². The van der Waals surface area contributed by atoms with Gasteiger partial charge in [0.05, 0.1) is 16.6 Å². The molecular weight excluding hydrogens is 366 g/mol. The number of fused-ring (bicyclic) bond motifs is 1. The molecule has 28 heavy (non-hydrogen) atoms. The van der Waals surface area contributed by atoms with E-state index in [1.165, 1.54) is 0 Å². The van der Waals surface area contributed by atoms with Gasteiger partial charge in [-0.1, -0.05) is 12.1 Å². The van der Waals surface area contributed by atoms with E-state index in [1.54, 1.807) is 0 Å². The van der Waals surface area contributed by atoms with Gasteiger partial charge < -0.3 is 15.6 Å². The average Bonchev–Trinajstić information content (AvgIpc) is 3.08. The zero-order chi connectivity index (χ0) is 19.9. The Kier molecular flexibility index (Phi) is 6.31. The number of rotatable bonds is 8. The van der Waals surface area contributed by atoms with Crippen molar-refractivity contribution < 1.29 is 18.4 Å². The summed E-state index contributed by atoms with van der Waals surface area (Å²) in [6.07, 6.45) is 1.49. The van der Waals surface area contributed by atoms with Crippen LogP contribution in [0.25, 0.3) is 11.0 Å². The second-order valence-electron chi connectivity index (χ2n) is 6.28. The molecule has 8 heteroatoms. The number of carbonyl (C=O) groups is 2. The molecule has 0 atom stereocenters. The van der Waals surface area contributed by atoms with Gasteiger partial charge in [0, 0.05) is 32.0 Å². The molecule has 0 aliphatic heterocycles. The van der Waals surface area contributed by atoms with Gasteiger partial charge in [-0.2, -0.15) is 0 Å². The molecule has 0 aliphatic rings. The Hall–Kier alpha value is -3.29. The van der Waals surface area contributed by atoms with Crippen molar-refractivity contribution in [1.29, 1.82) is 0 Å². The van der Waals surface area contributed by atoms with Crippen LogP contribution in [0.4, 0.5) is 8.78 Å². The van der Waals surface area contributed by atoms with E-state index in [9.17, 15) is 18.4 Å². The number of aromatic nitrogens is 2. The number of nitrogens with one attached hydrogen (secondary N) is 3. The molecule has 0 saturated heterocycles. The maximum absolute atomic E-state index is 13.5. The lowest BCUT2D eigenvalue weighted by Gasteiger charge is -2.07. The molecule has 2 amide bonds. The van der Waals surface area contributed by atoms with E-state index in [2.05, 4.69) is 20.6 Å². The summed E-state index contributed by atoms with van der Waals surface area (Å²) in [6, 6.07) is 10.5. The van der Waals surface area contributed by atoms with Crippen molar-refractivity contribution in [2.24, 2.45) is 0 Å². The van der Waals surface area contributed by atoms with Crippen LogP contribution >= 0.6 is 0 Å². The Balaban J connectivity index is 1.33. The molecule has 0 aliphatic carbocycles. The molecule has 0 unspecified atom stereocenters. The second kappa shape index (κ2) is 9.07. The molecule has 3 rings (SSSR count). The molecule has 146 valence electrons. The third kappa shape index (κ3) is 5.12. The highest BCUT2D eigenvalue weighted by molar-refractivity contribution is 5.94. The Morgan fingerprint density at radius 3 is 2.64 bits per heavy atom. The van der Waals surface area contributed by atoms with Crippen molar-refractivity contribution in [1.82, 2.24) is 20.6 Å². The van der Waals surface area contributed by atoms with E-state index in [0.717, 1.165) is 35.4 Å². The predicted octanol–water partition coefficient (Wildman–Crippen LogP) is 2.71. The van der Waals surface area contributed by atoms with Gasteiger partial charge in [-0.25, -0.2) is 13.8 Å². The van der Waals surface area contributed by atoms with E-state index in [0.29, 0.717) is 19.0 Å². The number of hydrogen-bond donors (Lipinski definition) is 3. The highest BCUT2D eigenvalue weighted by Gasteiger charge is 2.12. The van der Waals surface area contributed by atoms with Gasteiger partial charge in [0.15, 0.2) is 0 Å². The van der Waals surface area contributed by atoms with Crippen LogP contribution in [-0.4, -0.2) is 34.9 Å². The van der Waals surface area contributed by atoms with Gasteiger partial charge in [-0.3, -0.25) is 9.59 Å². The van der Waals surface area contributed by atoms with Crippen LogP contribution in [0.2, 0.25) is 0 Å². The minimum atomic E-state index is -0.937. The number of H-pyrrole nitrogens is 1. The van der Waals surface area contributed by atoms with Crippen molar-refractivity contribution in [3.8, 4) is 0 Å². The van der Waals surface area contributed by atoms with Crippen molar-refractivity contribution in [3.63, 3.8) is 0 Å². The number of amides is 2. The number of aromatic amines is 1. The molecule has 0 saturated carbocycles. The number of imidazole rings is 1. The zero-order valence-electron chi connectivity index (χ0n) is 15.1. The first-order chi connectivity index (χ1) is 13.5. The Labute approximate surface area is 160 Å². The maximum atomic E-state index is 13.5. The predicted molar refractivity (Wildman–Crippen MR) is 101 cm³/mol. The van der Waals surface area contributed by atoms with E-state index >= 15 is 0 Å². The van der Waals surface area contributed by atoms with Crippen LogP contribution in [0.15, 0.2) is 42.5 Å². The van der Waals surface area contributed by atoms with E-state index in [4.69, 9.17) is 0 Å². The smallest absolute Gasteiger partial charge is 0.254 e. The molecule has 1 heterocycles. The standard InChI is InChI=1S/C20H20F2N4O2/c21-13-7-8-14(15(22)12-13)20(28)24-11-9-19(27)23-10-3-6-18-25-16-4-1-2-5-17(16)26-18/h1-2,4-5,7-8,12H,3,6,9-11H2,(H,23,27)(H,24,28)(H,25,26). The average molecular weight is 386 g/mol. The number of para-hydroxylation sites is 2. The summed E-state index contributed by atoms with van der Waals surface area (Å²) >= 11 is 0. The summed E-state index contributed by atoms with van der Waals surface area (Å²) in [5.74, 6) is -1.73. The van der Waals surface area contributed by atoms with Crippen LogP contribution in [0, 0.1) is 11.6 Å². The first-order valence-electron chi connectivity index (χ1n) is 8.96. The van der Waals surface area contributed by atoms with Crippen LogP contribution in [0.5, 0.6) is 0 Å². The number of halogens is 2. The first kappa shape index (κ1) is 19.5. The minimum Gasteiger partial charge on any atom is -0.356 e. The van der Waals surface area contributed by atoms with Crippen LogP contribution in [0.1, 0.15) is 29.0 Å². The van der Waals surface area contributed by atoms with Crippen LogP contribution < -0.4 is 10.6 Å². The molecule has 3 N–H and O–H groups in total. The van der Waals surface area contributed by atoms with Crippen molar-refractivity contribution in [2.75, 3.05) is 13.1 Å². The summed E-state index contributed by atoms with van der Waals surface area (Å²) in [5.41, 5.74) is 1.64. The third-order valence-electron chi connectivity index (χ3n) is 4.16. The molecular formula is C20H20F2N4O2. The SMILES string of the molecule is O=C(CCNC(=O)c1ccc(F)cc1F)NCCCc1nc2ccccc2[nH]1. The lowest BCUT2D eigenvalue weighted by molar-refractivity contribution is -0.120. The minimum absolute atomic E-state index is 0.0606. The molecule has 6 nitrogen and oxygen atoms in total. The number of hydrogen-bond acceptors (Lipinski definition) is 3. The molecule has 1 aromatic heterocycles. The normalized spacial score (nSPS) is 10.8. The number of carbonyl (C=O) groups excluding carboxylic acids is 2. The van der Waals surface area contributed by atoms with Gasteiger partial charge in [-0.15, -0.1) is 0 Å². The van der Waals surface area contributed by atoms with Crippen molar-refractivity contribution in [2.45, 2.75) is 19.3 Å². The summed E-state index contributed by atoms with van der Waals surface area (Å²) in [7, 11) is 0. The monoisotopic (exact) mass is 386 g/mol. The Bertz CT molecular complexity index is 954. The maximum Gasteiger partial charge on any atom is 0.254 e. The van der Waals surface area contributed by atoms with Gasteiger partial charge in [-0.05, 0) is 30.7 Å². The fraction of sp³-hybridized carbons (Fsp3) is 0.250. The molecule has 0 fully saturated rings. The van der Waals surface area contributed by atoms with Gasteiger partial charge in [0.1, 0.15) is 17.5 Å². The van der Waals surface area contributed by atoms with Crippen LogP contribution in [0.3, 0.4) is 0 Å². The third-order valence-corrected chi connectivity index (χ3v) is 4.16. The molecule has 2 aromatic carbocycles. The molecule has 0 radical (unpaired) electrons. The van der Waals surface area contributed by atoms with Gasteiger partial charge in [0.2, 0.25) is 5.91 Å².